The summed E-state index contributed by atoms with van der Waals surface area (Å²) in [7, 11) is 2.10. The van der Waals surface area contributed by atoms with Crippen molar-refractivity contribution in [3.63, 3.8) is 0 Å². The number of alkyl halides is 3. The van der Waals surface area contributed by atoms with E-state index in [1.165, 1.54) is 17.0 Å². The summed E-state index contributed by atoms with van der Waals surface area (Å²) in [4.78, 5) is 1.29. The molecule has 0 bridgehead atoms. The summed E-state index contributed by atoms with van der Waals surface area (Å²) in [5, 5.41) is 8.85. The zero-order chi connectivity index (χ0) is 18.0. The summed E-state index contributed by atoms with van der Waals surface area (Å²) in [6, 6.07) is 16.3. The fraction of sp³-hybridized carbons (Fsp3) is 0.316. The average Bonchev–Trinajstić information content (AvgIpc) is 2.53. The van der Waals surface area contributed by atoms with E-state index in [1.807, 2.05) is 24.3 Å². The molecule has 2 aromatic rings. The highest BCUT2D eigenvalue weighted by atomic mass is 19.4. The van der Waals surface area contributed by atoms with Crippen molar-refractivity contribution < 1.29 is 22.8 Å². The quantitative estimate of drug-likeness (QED) is 0.918. The van der Waals surface area contributed by atoms with Crippen LogP contribution in [0.3, 0.4) is 0 Å². The van der Waals surface area contributed by atoms with Crippen molar-refractivity contribution in [1.82, 2.24) is 0 Å². The molecule has 1 atom stereocenters. The van der Waals surface area contributed by atoms with E-state index in [0.717, 1.165) is 24.1 Å². The van der Waals surface area contributed by atoms with Crippen LogP contribution in [-0.2, 0) is 0 Å². The van der Waals surface area contributed by atoms with E-state index >= 15 is 0 Å². The standard InChI is InChI=1S/C19H17F3N2O/c1-24(16-6-2-13(12-23)3-7-16)17-10-15(11-17)14-4-8-18(9-5-14)25-19(20,21)22/h2-9,15,17H,10-11H2,1H3/p+1. The lowest BCUT2D eigenvalue weighted by molar-refractivity contribution is -0.847. The minimum atomic E-state index is -4.66. The Kier molecular flexibility index (Phi) is 4.69. The molecule has 1 aliphatic rings. The Bertz CT molecular complexity index is 757. The van der Waals surface area contributed by atoms with Crippen LogP contribution in [0.25, 0.3) is 0 Å². The Morgan fingerprint density at radius 3 is 2.16 bits per heavy atom. The van der Waals surface area contributed by atoms with E-state index in [0.29, 0.717) is 17.5 Å². The first-order valence-corrected chi connectivity index (χ1v) is 8.05. The molecule has 0 radical (unpaired) electrons. The van der Waals surface area contributed by atoms with Gasteiger partial charge in [0.15, 0.2) is 0 Å². The highest BCUT2D eigenvalue weighted by Crippen LogP contribution is 2.37. The number of benzene rings is 2. The van der Waals surface area contributed by atoms with Gasteiger partial charge in [0.1, 0.15) is 11.4 Å². The van der Waals surface area contributed by atoms with Crippen LogP contribution in [0.2, 0.25) is 0 Å². The molecular formula is C19H18F3N2O+. The number of nitrogens with zero attached hydrogens (tertiary/aromatic N) is 1. The lowest BCUT2D eigenvalue weighted by Crippen LogP contribution is -3.09. The van der Waals surface area contributed by atoms with Crippen LogP contribution in [0.15, 0.2) is 48.5 Å². The second kappa shape index (κ2) is 6.77. The van der Waals surface area contributed by atoms with Gasteiger partial charge in [-0.3, -0.25) is 0 Å². The molecule has 0 saturated heterocycles. The summed E-state index contributed by atoms with van der Waals surface area (Å²) in [5.41, 5.74) is 2.82. The van der Waals surface area contributed by atoms with E-state index in [9.17, 15) is 13.2 Å². The molecule has 1 aliphatic carbocycles. The van der Waals surface area contributed by atoms with E-state index in [2.05, 4.69) is 17.9 Å². The molecule has 0 spiro atoms. The first-order chi connectivity index (χ1) is 11.9. The molecule has 1 N–H and O–H groups in total. The molecule has 130 valence electrons. The van der Waals surface area contributed by atoms with Crippen LogP contribution in [0.5, 0.6) is 5.75 Å². The number of nitriles is 1. The summed E-state index contributed by atoms with van der Waals surface area (Å²) in [6.45, 7) is 0. The Hall–Kier alpha value is -2.52. The number of rotatable bonds is 4. The van der Waals surface area contributed by atoms with E-state index < -0.39 is 6.36 Å². The van der Waals surface area contributed by atoms with Gasteiger partial charge in [0.25, 0.3) is 0 Å². The summed E-state index contributed by atoms with van der Waals surface area (Å²) in [5.74, 6) is 0.172. The molecule has 0 aromatic heterocycles. The number of hydrogen-bond acceptors (Lipinski definition) is 2. The number of hydrogen-bond donors (Lipinski definition) is 1. The third kappa shape index (κ3) is 4.12. The fourth-order valence-electron chi connectivity index (χ4n) is 3.23. The van der Waals surface area contributed by atoms with Crippen LogP contribution in [0.4, 0.5) is 18.9 Å². The molecule has 3 rings (SSSR count). The van der Waals surface area contributed by atoms with Crippen LogP contribution >= 0.6 is 0 Å². The van der Waals surface area contributed by atoms with Crippen molar-refractivity contribution in [2.24, 2.45) is 0 Å². The van der Waals surface area contributed by atoms with Crippen molar-refractivity contribution in [3.05, 3.63) is 59.7 Å². The number of quaternary nitrogens is 1. The molecule has 1 unspecified atom stereocenters. The van der Waals surface area contributed by atoms with Crippen LogP contribution < -0.4 is 9.64 Å². The van der Waals surface area contributed by atoms with Gasteiger partial charge in [0.05, 0.1) is 24.7 Å². The van der Waals surface area contributed by atoms with Gasteiger partial charge in [-0.2, -0.15) is 5.26 Å². The lowest BCUT2D eigenvalue weighted by atomic mass is 9.75. The van der Waals surface area contributed by atoms with Gasteiger partial charge >= 0.3 is 6.36 Å². The van der Waals surface area contributed by atoms with Crippen molar-refractivity contribution in [2.45, 2.75) is 31.2 Å². The largest absolute Gasteiger partial charge is 0.573 e. The van der Waals surface area contributed by atoms with Crippen molar-refractivity contribution in [1.29, 1.82) is 5.26 Å². The first kappa shape index (κ1) is 17.3. The average molecular weight is 347 g/mol. The molecule has 0 heterocycles. The van der Waals surface area contributed by atoms with Crippen LogP contribution in [0, 0.1) is 11.3 Å². The maximum absolute atomic E-state index is 12.2. The Morgan fingerprint density at radius 1 is 1.04 bits per heavy atom. The second-order valence-electron chi connectivity index (χ2n) is 6.35. The Labute approximate surface area is 144 Å². The zero-order valence-electron chi connectivity index (χ0n) is 13.7. The highest BCUT2D eigenvalue weighted by molar-refractivity contribution is 5.38. The highest BCUT2D eigenvalue weighted by Gasteiger charge is 2.37. The van der Waals surface area contributed by atoms with Crippen molar-refractivity contribution in [3.8, 4) is 11.8 Å². The summed E-state index contributed by atoms with van der Waals surface area (Å²) < 4.78 is 40.4. The molecule has 3 nitrogen and oxygen atoms in total. The molecule has 1 fully saturated rings. The first-order valence-electron chi connectivity index (χ1n) is 8.05. The number of ether oxygens (including phenoxy) is 1. The number of nitrogens with one attached hydrogen (secondary N) is 1. The van der Waals surface area contributed by atoms with Gasteiger partial charge in [-0.15, -0.1) is 13.2 Å². The molecule has 1 saturated carbocycles. The minimum Gasteiger partial charge on any atom is -0.406 e. The van der Waals surface area contributed by atoms with Gasteiger partial charge in [-0.25, -0.2) is 0 Å². The maximum atomic E-state index is 12.2. The van der Waals surface area contributed by atoms with Gasteiger partial charge in [0, 0.05) is 25.0 Å². The van der Waals surface area contributed by atoms with Crippen LogP contribution in [-0.4, -0.2) is 19.5 Å². The smallest absolute Gasteiger partial charge is 0.406 e. The normalized spacial score (nSPS) is 21.1. The minimum absolute atomic E-state index is 0.188. The topological polar surface area (TPSA) is 37.5 Å². The fourth-order valence-corrected chi connectivity index (χ4v) is 3.23. The van der Waals surface area contributed by atoms with Gasteiger partial charge in [-0.1, -0.05) is 12.1 Å². The molecule has 2 aromatic carbocycles. The molecule has 6 heteroatoms. The summed E-state index contributed by atoms with van der Waals surface area (Å²) >= 11 is 0. The molecular weight excluding hydrogens is 329 g/mol. The predicted octanol–water partition coefficient (Wildman–Crippen LogP) is 3.55. The molecule has 0 amide bonds. The predicted molar refractivity (Wildman–Crippen MR) is 86.6 cm³/mol. The van der Waals surface area contributed by atoms with E-state index in [4.69, 9.17) is 5.26 Å². The van der Waals surface area contributed by atoms with Crippen molar-refractivity contribution in [2.75, 3.05) is 7.05 Å². The molecule has 0 aliphatic heterocycles. The maximum Gasteiger partial charge on any atom is 0.573 e. The second-order valence-corrected chi connectivity index (χ2v) is 6.35. The SMILES string of the molecule is C[NH+](c1ccc(C#N)cc1)C1CC(c2ccc(OC(F)(F)F)cc2)C1. The van der Waals surface area contributed by atoms with E-state index in [-0.39, 0.29) is 5.75 Å². The third-order valence-electron chi connectivity index (χ3n) is 4.80. The third-order valence-corrected chi connectivity index (χ3v) is 4.80. The Balaban J connectivity index is 1.57. The zero-order valence-corrected chi connectivity index (χ0v) is 13.7. The van der Waals surface area contributed by atoms with Crippen LogP contribution in [0.1, 0.15) is 29.9 Å². The van der Waals surface area contributed by atoms with E-state index in [1.54, 1.807) is 12.1 Å². The Morgan fingerprint density at radius 2 is 1.64 bits per heavy atom. The van der Waals surface area contributed by atoms with Gasteiger partial charge in [-0.05, 0) is 35.7 Å². The van der Waals surface area contributed by atoms with Crippen molar-refractivity contribution >= 4 is 5.69 Å². The number of halogens is 3. The summed E-state index contributed by atoms with van der Waals surface area (Å²) in [6.07, 6.45) is -2.70. The monoisotopic (exact) mass is 347 g/mol. The van der Waals surface area contributed by atoms with Gasteiger partial charge < -0.3 is 9.64 Å². The van der Waals surface area contributed by atoms with Gasteiger partial charge in [0.2, 0.25) is 0 Å². The molecule has 25 heavy (non-hydrogen) atoms. The lowest BCUT2D eigenvalue weighted by Gasteiger charge is -2.38.